The van der Waals surface area contributed by atoms with Crippen molar-refractivity contribution in [1.82, 2.24) is 5.16 Å². The molecule has 144 valence electrons. The molecule has 2 heterocycles. The molecule has 3 aromatic rings. The smallest absolute Gasteiger partial charge is 0.338 e. The zero-order chi connectivity index (χ0) is 19.5. The first-order valence-corrected chi connectivity index (χ1v) is 8.88. The van der Waals surface area contributed by atoms with Crippen LogP contribution in [0, 0.1) is 0 Å². The molecule has 0 spiro atoms. The number of fused-ring (bicyclic) bond motifs is 1. The van der Waals surface area contributed by atoms with Gasteiger partial charge in [-0.3, -0.25) is 0 Å². The lowest BCUT2D eigenvalue weighted by Gasteiger charge is -2.09. The summed E-state index contributed by atoms with van der Waals surface area (Å²) in [4.78, 5) is 12.2. The van der Waals surface area contributed by atoms with Crippen molar-refractivity contribution in [3.05, 3.63) is 59.8 Å². The van der Waals surface area contributed by atoms with E-state index in [1.807, 2.05) is 32.0 Å². The van der Waals surface area contributed by atoms with Gasteiger partial charge in [0, 0.05) is 11.6 Å². The Kier molecular flexibility index (Phi) is 4.89. The standard InChI is InChI=1S/C21H19NO6/c1-13(2)27-17-6-3-14(4-7-17)21(23)24-11-16-10-19(28-22-16)15-5-8-18-20(9-15)26-12-25-18/h3-10,13H,11-12H2,1-2H3. The number of nitrogens with zero attached hydrogens (tertiary/aromatic N) is 1. The normalized spacial score (nSPS) is 12.2. The number of rotatable bonds is 6. The summed E-state index contributed by atoms with van der Waals surface area (Å²) in [7, 11) is 0. The molecule has 0 N–H and O–H groups in total. The predicted molar refractivity (Wildman–Crippen MR) is 99.4 cm³/mol. The van der Waals surface area contributed by atoms with Crippen LogP contribution in [0.4, 0.5) is 0 Å². The first kappa shape index (κ1) is 17.9. The lowest BCUT2D eigenvalue weighted by Crippen LogP contribution is -2.07. The van der Waals surface area contributed by atoms with Crippen LogP contribution in [0.5, 0.6) is 17.2 Å². The SMILES string of the molecule is CC(C)Oc1ccc(C(=O)OCc2cc(-c3ccc4c(c3)OCO4)on2)cc1. The summed E-state index contributed by atoms with van der Waals surface area (Å²) in [6.45, 7) is 4.11. The van der Waals surface area contributed by atoms with Gasteiger partial charge in [0.05, 0.1) is 11.7 Å². The number of ether oxygens (including phenoxy) is 4. The molecule has 28 heavy (non-hydrogen) atoms. The Bertz CT molecular complexity index is 977. The molecule has 7 nitrogen and oxygen atoms in total. The Hall–Kier alpha value is -3.48. The Morgan fingerprint density at radius 1 is 1.07 bits per heavy atom. The van der Waals surface area contributed by atoms with Crippen LogP contribution < -0.4 is 14.2 Å². The minimum atomic E-state index is -0.441. The Morgan fingerprint density at radius 2 is 1.86 bits per heavy atom. The largest absolute Gasteiger partial charge is 0.491 e. The van der Waals surface area contributed by atoms with Crippen molar-refractivity contribution in [2.75, 3.05) is 6.79 Å². The third kappa shape index (κ3) is 3.93. The maximum absolute atomic E-state index is 12.2. The first-order valence-electron chi connectivity index (χ1n) is 8.88. The fourth-order valence-corrected chi connectivity index (χ4v) is 2.73. The summed E-state index contributed by atoms with van der Waals surface area (Å²) < 4.78 is 26.9. The Morgan fingerprint density at radius 3 is 2.64 bits per heavy atom. The van der Waals surface area contributed by atoms with Crippen LogP contribution >= 0.6 is 0 Å². The van der Waals surface area contributed by atoms with Crippen molar-refractivity contribution in [3.8, 4) is 28.6 Å². The summed E-state index contributed by atoms with van der Waals surface area (Å²) in [5.74, 6) is 2.17. The Labute approximate surface area is 161 Å². The van der Waals surface area contributed by atoms with Gasteiger partial charge in [-0.25, -0.2) is 4.79 Å². The van der Waals surface area contributed by atoms with E-state index in [2.05, 4.69) is 5.16 Å². The van der Waals surface area contributed by atoms with Gasteiger partial charge in [0.15, 0.2) is 17.3 Å². The first-order chi connectivity index (χ1) is 13.6. The van der Waals surface area contributed by atoms with Crippen molar-refractivity contribution < 1.29 is 28.3 Å². The molecule has 7 heteroatoms. The van der Waals surface area contributed by atoms with E-state index in [1.54, 1.807) is 30.3 Å². The zero-order valence-electron chi connectivity index (χ0n) is 15.5. The van der Waals surface area contributed by atoms with Gasteiger partial charge in [-0.1, -0.05) is 5.16 Å². The highest BCUT2D eigenvalue weighted by atomic mass is 16.7. The number of carbonyl (C=O) groups is 1. The lowest BCUT2D eigenvalue weighted by atomic mass is 10.1. The van der Waals surface area contributed by atoms with Crippen LogP contribution in [0.3, 0.4) is 0 Å². The summed E-state index contributed by atoms with van der Waals surface area (Å²) in [6, 6.07) is 14.0. The average Bonchev–Trinajstić information content (AvgIpc) is 3.35. The van der Waals surface area contributed by atoms with Gasteiger partial charge >= 0.3 is 5.97 Å². The van der Waals surface area contributed by atoms with Crippen LogP contribution in [0.1, 0.15) is 29.9 Å². The van der Waals surface area contributed by atoms with Gasteiger partial charge in [-0.15, -0.1) is 0 Å². The second-order valence-electron chi connectivity index (χ2n) is 6.52. The minimum absolute atomic E-state index is 0.0110. The van der Waals surface area contributed by atoms with E-state index >= 15 is 0 Å². The van der Waals surface area contributed by atoms with Crippen molar-refractivity contribution in [2.45, 2.75) is 26.6 Å². The van der Waals surface area contributed by atoms with Crippen LogP contribution in [0.25, 0.3) is 11.3 Å². The quantitative estimate of drug-likeness (QED) is 0.592. The molecule has 1 aliphatic rings. The molecular formula is C21H19NO6. The lowest BCUT2D eigenvalue weighted by molar-refractivity contribution is 0.0464. The Balaban J connectivity index is 1.37. The molecule has 0 saturated carbocycles. The fraction of sp³-hybridized carbons (Fsp3) is 0.238. The van der Waals surface area contributed by atoms with Gasteiger partial charge < -0.3 is 23.5 Å². The van der Waals surface area contributed by atoms with Gasteiger partial charge in [0.2, 0.25) is 6.79 Å². The number of esters is 1. The van der Waals surface area contributed by atoms with E-state index in [-0.39, 0.29) is 19.5 Å². The van der Waals surface area contributed by atoms with Crippen LogP contribution in [-0.4, -0.2) is 24.0 Å². The molecule has 1 aliphatic heterocycles. The summed E-state index contributed by atoms with van der Waals surface area (Å²) in [5, 5.41) is 3.95. The second kappa shape index (κ2) is 7.64. The molecule has 0 bridgehead atoms. The van der Waals surface area contributed by atoms with Crippen LogP contribution in [0.15, 0.2) is 53.1 Å². The molecular weight excluding hydrogens is 362 g/mol. The monoisotopic (exact) mass is 381 g/mol. The summed E-state index contributed by atoms with van der Waals surface area (Å²) >= 11 is 0. The summed E-state index contributed by atoms with van der Waals surface area (Å²) in [6.07, 6.45) is 0.0731. The number of benzene rings is 2. The minimum Gasteiger partial charge on any atom is -0.491 e. The highest BCUT2D eigenvalue weighted by Gasteiger charge is 2.16. The maximum atomic E-state index is 12.2. The molecule has 0 fully saturated rings. The molecule has 4 rings (SSSR count). The van der Waals surface area contributed by atoms with Gasteiger partial charge in [-0.05, 0) is 56.3 Å². The fourth-order valence-electron chi connectivity index (χ4n) is 2.73. The second-order valence-corrected chi connectivity index (χ2v) is 6.52. The molecule has 0 amide bonds. The number of hydrogen-bond acceptors (Lipinski definition) is 7. The molecule has 2 aromatic carbocycles. The zero-order valence-corrected chi connectivity index (χ0v) is 15.5. The van der Waals surface area contributed by atoms with Crippen LogP contribution in [0.2, 0.25) is 0 Å². The molecule has 1 aromatic heterocycles. The molecule has 0 atom stereocenters. The molecule has 0 radical (unpaired) electrons. The number of hydrogen-bond donors (Lipinski definition) is 0. The van der Waals surface area contributed by atoms with E-state index in [0.29, 0.717) is 34.3 Å². The molecule has 0 aliphatic carbocycles. The average molecular weight is 381 g/mol. The van der Waals surface area contributed by atoms with Crippen molar-refractivity contribution in [3.63, 3.8) is 0 Å². The molecule has 0 unspecified atom stereocenters. The topological polar surface area (TPSA) is 80.0 Å². The van der Waals surface area contributed by atoms with Crippen LogP contribution in [-0.2, 0) is 11.3 Å². The molecule has 0 saturated heterocycles. The van der Waals surface area contributed by atoms with E-state index in [4.69, 9.17) is 23.5 Å². The van der Waals surface area contributed by atoms with E-state index < -0.39 is 5.97 Å². The highest BCUT2D eigenvalue weighted by molar-refractivity contribution is 5.89. The van der Waals surface area contributed by atoms with Gasteiger partial charge in [-0.2, -0.15) is 0 Å². The summed E-state index contributed by atoms with van der Waals surface area (Å²) in [5.41, 5.74) is 1.76. The number of carbonyl (C=O) groups excluding carboxylic acids is 1. The van der Waals surface area contributed by atoms with Gasteiger partial charge in [0.25, 0.3) is 0 Å². The third-order valence-corrected chi connectivity index (χ3v) is 4.03. The van der Waals surface area contributed by atoms with E-state index in [0.717, 1.165) is 5.56 Å². The predicted octanol–water partition coefficient (Wildman–Crippen LogP) is 4.21. The third-order valence-electron chi connectivity index (χ3n) is 4.03. The van der Waals surface area contributed by atoms with E-state index in [9.17, 15) is 4.79 Å². The maximum Gasteiger partial charge on any atom is 0.338 e. The number of aromatic nitrogens is 1. The van der Waals surface area contributed by atoms with Crippen molar-refractivity contribution >= 4 is 5.97 Å². The van der Waals surface area contributed by atoms with Crippen molar-refractivity contribution in [2.24, 2.45) is 0 Å². The van der Waals surface area contributed by atoms with Crippen molar-refractivity contribution in [1.29, 1.82) is 0 Å². The van der Waals surface area contributed by atoms with E-state index in [1.165, 1.54) is 0 Å². The highest BCUT2D eigenvalue weighted by Crippen LogP contribution is 2.36. The van der Waals surface area contributed by atoms with Gasteiger partial charge in [0.1, 0.15) is 18.1 Å².